The summed E-state index contributed by atoms with van der Waals surface area (Å²) in [5.74, 6) is 0. The molecule has 8 heteroatoms. The van der Waals surface area contributed by atoms with Crippen molar-refractivity contribution in [3.8, 4) is 0 Å². The zero-order valence-corrected chi connectivity index (χ0v) is 7.11. The summed E-state index contributed by atoms with van der Waals surface area (Å²) < 4.78 is 31.6. The molecule has 0 aromatic carbocycles. The second-order valence-corrected chi connectivity index (χ2v) is 1.34. The average molecular weight is 211 g/mol. The van der Waals surface area contributed by atoms with Crippen LogP contribution in [-0.4, -0.2) is 40.4 Å². The van der Waals surface area contributed by atoms with E-state index in [1.165, 1.54) is 0 Å². The Labute approximate surface area is 70.2 Å². The zero-order chi connectivity index (χ0) is 4.50. The van der Waals surface area contributed by atoms with Crippen molar-refractivity contribution in [2.24, 2.45) is 0 Å². The Morgan fingerprint density at radius 2 is 1.12 bits per heavy atom. The summed E-state index contributed by atoms with van der Waals surface area (Å²) in [5.41, 5.74) is 0. The standard InChI is InChI=1S/Al.H2O4S.H2O.Zn.3H/c;1-5(2,3)4;;;;;/h;(H2,1,2,3,4);1H2;;;;. The third kappa shape index (κ3) is 258. The molecule has 0 fully saturated rings. The smallest absolute Gasteiger partial charge is 0.394 e. The Balaban J connectivity index is -0.0000000267. The molecule has 0 saturated carbocycles. The van der Waals surface area contributed by atoms with Crippen molar-refractivity contribution in [1.29, 1.82) is 0 Å². The topological polar surface area (TPSA) is 106 Å². The van der Waals surface area contributed by atoms with Gasteiger partial charge >= 0.3 is 10.4 Å². The minimum atomic E-state index is -4.67. The maximum absolute atomic E-state index is 8.74. The summed E-state index contributed by atoms with van der Waals surface area (Å²) >= 11 is 0. The Morgan fingerprint density at radius 1 is 1.12 bits per heavy atom. The van der Waals surface area contributed by atoms with E-state index in [1.54, 1.807) is 0 Å². The quantitative estimate of drug-likeness (QED) is 0.337. The molecule has 0 aliphatic heterocycles. The first-order valence-corrected chi connectivity index (χ1v) is 2.10. The van der Waals surface area contributed by atoms with Crippen molar-refractivity contribution in [2.45, 2.75) is 0 Å². The molecule has 0 rings (SSSR count). The first-order chi connectivity index (χ1) is 2.00. The van der Waals surface area contributed by atoms with Crippen LogP contribution in [0.2, 0.25) is 0 Å². The molecule has 8 heavy (non-hydrogen) atoms. The van der Waals surface area contributed by atoms with Gasteiger partial charge in [-0.1, -0.05) is 0 Å². The van der Waals surface area contributed by atoms with E-state index in [0.29, 0.717) is 0 Å². The first kappa shape index (κ1) is 23.1. The molecule has 0 aromatic heterocycles. The molecule has 0 bridgehead atoms. The fraction of sp³-hybridized carbons (Fsp3) is 0. The molecule has 0 heterocycles. The second kappa shape index (κ2) is 7.99. The molecule has 0 unspecified atom stereocenters. The molecule has 5 nitrogen and oxygen atoms in total. The second-order valence-electron chi connectivity index (χ2n) is 0.448. The van der Waals surface area contributed by atoms with Crippen LogP contribution in [0.15, 0.2) is 0 Å². The van der Waals surface area contributed by atoms with Crippen molar-refractivity contribution in [1.82, 2.24) is 0 Å². The Kier molecular flexibility index (Phi) is 23.0. The molecule has 0 radical (unpaired) electrons. The van der Waals surface area contributed by atoms with Crippen LogP contribution in [-0.2, 0) is 29.9 Å². The van der Waals surface area contributed by atoms with Gasteiger partial charge in [0.25, 0.3) is 0 Å². The van der Waals surface area contributed by atoms with Gasteiger partial charge in [-0.3, -0.25) is 9.11 Å². The van der Waals surface area contributed by atoms with Crippen LogP contribution in [0.5, 0.6) is 0 Å². The van der Waals surface area contributed by atoms with Crippen molar-refractivity contribution < 1.29 is 42.5 Å². The van der Waals surface area contributed by atoms with E-state index in [2.05, 4.69) is 0 Å². The van der Waals surface area contributed by atoms with Gasteiger partial charge in [-0.15, -0.1) is 0 Å². The van der Waals surface area contributed by atoms with Crippen LogP contribution in [0, 0.1) is 0 Å². The SMILES string of the molecule is O.O=S(=O)(O)O.[AlH3].[Zn]. The van der Waals surface area contributed by atoms with Gasteiger partial charge in [0.2, 0.25) is 0 Å². The Bertz CT molecular complexity index is 95.6. The molecule has 0 atom stereocenters. The monoisotopic (exact) mass is 210 g/mol. The predicted octanol–water partition coefficient (Wildman–Crippen LogP) is -2.66. The van der Waals surface area contributed by atoms with Gasteiger partial charge in [-0.2, -0.15) is 8.42 Å². The van der Waals surface area contributed by atoms with E-state index in [-0.39, 0.29) is 42.3 Å². The number of hydrogen-bond donors (Lipinski definition) is 2. The van der Waals surface area contributed by atoms with Crippen LogP contribution in [0.4, 0.5) is 0 Å². The van der Waals surface area contributed by atoms with Gasteiger partial charge in [0, 0.05) is 19.5 Å². The third-order valence-electron chi connectivity index (χ3n) is 0. The summed E-state index contributed by atoms with van der Waals surface area (Å²) in [6.45, 7) is 0. The molecule has 48 valence electrons. The Hall–Kier alpha value is 0.986. The molecule has 0 spiro atoms. The number of rotatable bonds is 0. The molecule has 0 amide bonds. The van der Waals surface area contributed by atoms with Crippen LogP contribution < -0.4 is 0 Å². The maximum atomic E-state index is 8.74. The van der Waals surface area contributed by atoms with Crippen molar-refractivity contribution in [3.63, 3.8) is 0 Å². The summed E-state index contributed by atoms with van der Waals surface area (Å²) in [6, 6.07) is 0. The summed E-state index contributed by atoms with van der Waals surface area (Å²) in [6.07, 6.45) is 0. The fourth-order valence-corrected chi connectivity index (χ4v) is 0. The molecule has 0 aliphatic carbocycles. The van der Waals surface area contributed by atoms with Crippen LogP contribution >= 0.6 is 0 Å². The molecular formula is H7AlO5SZn. The largest absolute Gasteiger partial charge is 0.412 e. The van der Waals surface area contributed by atoms with Gasteiger partial charge < -0.3 is 5.48 Å². The van der Waals surface area contributed by atoms with E-state index < -0.39 is 10.4 Å². The fourth-order valence-electron chi connectivity index (χ4n) is 0. The van der Waals surface area contributed by atoms with E-state index in [1.807, 2.05) is 0 Å². The molecule has 0 aliphatic rings. The van der Waals surface area contributed by atoms with Gasteiger partial charge in [-0.05, 0) is 0 Å². The molecule has 0 aromatic rings. The van der Waals surface area contributed by atoms with E-state index >= 15 is 0 Å². The molecule has 0 saturated heterocycles. The van der Waals surface area contributed by atoms with Gasteiger partial charge in [-0.25, -0.2) is 0 Å². The van der Waals surface area contributed by atoms with Gasteiger partial charge in [0.05, 0.1) is 0 Å². The molecular weight excluding hydrogens is 204 g/mol. The third-order valence-corrected chi connectivity index (χ3v) is 0. The van der Waals surface area contributed by atoms with Crippen molar-refractivity contribution in [3.05, 3.63) is 0 Å². The van der Waals surface area contributed by atoms with Crippen LogP contribution in [0.3, 0.4) is 0 Å². The maximum Gasteiger partial charge on any atom is 0.394 e. The molecule has 4 N–H and O–H groups in total. The average Bonchev–Trinajstić information content (AvgIpc) is 0.722. The predicted molar refractivity (Wildman–Crippen MR) is 27.7 cm³/mol. The minimum Gasteiger partial charge on any atom is -0.412 e. The van der Waals surface area contributed by atoms with E-state index in [4.69, 9.17) is 17.5 Å². The summed E-state index contributed by atoms with van der Waals surface area (Å²) in [5, 5.41) is 0. The van der Waals surface area contributed by atoms with Crippen molar-refractivity contribution in [2.75, 3.05) is 0 Å². The first-order valence-electron chi connectivity index (χ1n) is 0.698. The summed E-state index contributed by atoms with van der Waals surface area (Å²) in [4.78, 5) is 0. The Morgan fingerprint density at radius 3 is 1.12 bits per heavy atom. The van der Waals surface area contributed by atoms with E-state index in [9.17, 15) is 0 Å². The zero-order valence-electron chi connectivity index (χ0n) is 3.33. The van der Waals surface area contributed by atoms with Gasteiger partial charge in [0.15, 0.2) is 17.4 Å². The summed E-state index contributed by atoms with van der Waals surface area (Å²) in [7, 11) is -4.67. The minimum absolute atomic E-state index is 0. The van der Waals surface area contributed by atoms with Crippen LogP contribution in [0.25, 0.3) is 0 Å². The van der Waals surface area contributed by atoms with Crippen LogP contribution in [0.1, 0.15) is 0 Å². The van der Waals surface area contributed by atoms with Crippen molar-refractivity contribution >= 4 is 27.8 Å². The van der Waals surface area contributed by atoms with E-state index in [0.717, 1.165) is 0 Å². The normalized spacial score (nSPS) is 7.25. The van der Waals surface area contributed by atoms with Gasteiger partial charge in [0.1, 0.15) is 0 Å². The number of hydrogen-bond acceptors (Lipinski definition) is 2.